The lowest BCUT2D eigenvalue weighted by atomic mass is 10.3. The van der Waals surface area contributed by atoms with Crippen LogP contribution >= 0.6 is 22.6 Å². The molecule has 0 aliphatic carbocycles. The topological polar surface area (TPSA) is 49.8 Å². The number of aromatic nitrogens is 2. The van der Waals surface area contributed by atoms with E-state index in [2.05, 4.69) is 50.1 Å². The van der Waals surface area contributed by atoms with Crippen LogP contribution in [0.5, 0.6) is 0 Å². The normalized spacial score (nSPS) is 10.4. The molecular formula is C14H16FIN4. The number of hydrogen-bond acceptors (Lipinski definition) is 4. The number of nitrogens with one attached hydrogen (secondary N) is 2. The predicted molar refractivity (Wildman–Crippen MR) is 88.0 cm³/mol. The van der Waals surface area contributed by atoms with Crippen LogP contribution in [-0.4, -0.2) is 17.0 Å². The smallest absolute Gasteiger partial charge is 0.136 e. The van der Waals surface area contributed by atoms with Crippen molar-refractivity contribution in [2.24, 2.45) is 0 Å². The van der Waals surface area contributed by atoms with E-state index in [0.29, 0.717) is 5.82 Å². The fourth-order valence-corrected chi connectivity index (χ4v) is 2.37. The van der Waals surface area contributed by atoms with E-state index < -0.39 is 0 Å². The largest absolute Gasteiger partial charge is 0.373 e. The molecule has 20 heavy (non-hydrogen) atoms. The Bertz CT molecular complexity index is 604. The first kappa shape index (κ1) is 15.0. The summed E-state index contributed by atoms with van der Waals surface area (Å²) in [6, 6.07) is 6.45. The van der Waals surface area contributed by atoms with Crippen molar-refractivity contribution in [1.29, 1.82) is 0 Å². The fourth-order valence-electron chi connectivity index (χ4n) is 1.75. The summed E-state index contributed by atoms with van der Waals surface area (Å²) in [6.45, 7) is 2.09. The van der Waals surface area contributed by atoms with E-state index in [-0.39, 0.29) is 5.82 Å². The van der Waals surface area contributed by atoms with Gasteiger partial charge in [0.2, 0.25) is 0 Å². The molecule has 4 nitrogen and oxygen atoms in total. The minimum Gasteiger partial charge on any atom is -0.373 e. The molecule has 1 aromatic carbocycles. The van der Waals surface area contributed by atoms with E-state index in [1.165, 1.54) is 12.1 Å². The Morgan fingerprint density at radius 1 is 1.20 bits per heavy atom. The molecule has 2 aromatic rings. The van der Waals surface area contributed by atoms with Crippen LogP contribution in [0.1, 0.15) is 19.2 Å². The summed E-state index contributed by atoms with van der Waals surface area (Å²) < 4.78 is 13.9. The monoisotopic (exact) mass is 386 g/mol. The van der Waals surface area contributed by atoms with Crippen molar-refractivity contribution in [2.75, 3.05) is 17.7 Å². The Balaban J connectivity index is 2.29. The third-order valence-electron chi connectivity index (χ3n) is 2.70. The Morgan fingerprint density at radius 2 is 1.95 bits per heavy atom. The molecule has 0 unspecified atom stereocenters. The number of benzene rings is 1. The van der Waals surface area contributed by atoms with Gasteiger partial charge in [-0.2, -0.15) is 0 Å². The Labute approximate surface area is 131 Å². The summed E-state index contributed by atoms with van der Waals surface area (Å²) in [5.74, 6) is 2.02. The maximum atomic E-state index is 13.1. The summed E-state index contributed by atoms with van der Waals surface area (Å²) in [5.41, 5.74) is 0.829. The quantitative estimate of drug-likeness (QED) is 0.764. The van der Waals surface area contributed by atoms with Crippen LogP contribution in [0.2, 0.25) is 0 Å². The lowest BCUT2D eigenvalue weighted by Crippen LogP contribution is -2.04. The lowest BCUT2D eigenvalue weighted by molar-refractivity contribution is 0.627. The number of aryl methyl sites for hydroxylation is 1. The number of halogens is 2. The first-order valence-corrected chi connectivity index (χ1v) is 7.48. The average molecular weight is 386 g/mol. The van der Waals surface area contributed by atoms with Crippen LogP contribution in [0.15, 0.2) is 24.3 Å². The summed E-state index contributed by atoms with van der Waals surface area (Å²) in [5, 5.41) is 6.23. The van der Waals surface area contributed by atoms with Gasteiger partial charge < -0.3 is 10.6 Å². The van der Waals surface area contributed by atoms with Gasteiger partial charge in [-0.15, -0.1) is 0 Å². The average Bonchev–Trinajstić information content (AvgIpc) is 2.42. The van der Waals surface area contributed by atoms with Crippen LogP contribution < -0.4 is 10.6 Å². The van der Waals surface area contributed by atoms with Crippen molar-refractivity contribution in [3.05, 3.63) is 39.5 Å². The standard InChI is InChI=1S/C14H16FIN4/c1-3-4-12-19-13(17-2)8-14(20-12)18-11-6-5-9(15)7-10(11)16/h5-8H,3-4H2,1-2H3,(H2,17,18,19,20). The predicted octanol–water partition coefficient (Wildman–Crippen LogP) is 3.96. The van der Waals surface area contributed by atoms with Gasteiger partial charge in [0, 0.05) is 23.1 Å². The summed E-state index contributed by atoms with van der Waals surface area (Å²) in [6.07, 6.45) is 1.81. The molecule has 1 heterocycles. The first-order valence-electron chi connectivity index (χ1n) is 6.40. The van der Waals surface area contributed by atoms with Crippen molar-refractivity contribution in [2.45, 2.75) is 19.8 Å². The van der Waals surface area contributed by atoms with E-state index >= 15 is 0 Å². The SMILES string of the molecule is CCCc1nc(NC)cc(Nc2ccc(F)cc2I)n1. The summed E-state index contributed by atoms with van der Waals surface area (Å²) in [7, 11) is 1.82. The number of anilines is 3. The maximum Gasteiger partial charge on any atom is 0.136 e. The Morgan fingerprint density at radius 3 is 2.60 bits per heavy atom. The molecule has 0 radical (unpaired) electrons. The molecule has 1 aromatic heterocycles. The van der Waals surface area contributed by atoms with Crippen LogP contribution in [0, 0.1) is 9.39 Å². The number of nitrogens with zero attached hydrogens (tertiary/aromatic N) is 2. The molecule has 6 heteroatoms. The van der Waals surface area contributed by atoms with Crippen LogP contribution in [0.25, 0.3) is 0 Å². The zero-order valence-corrected chi connectivity index (χ0v) is 13.5. The maximum absolute atomic E-state index is 13.1. The van der Waals surface area contributed by atoms with E-state index in [9.17, 15) is 4.39 Å². The molecule has 0 atom stereocenters. The molecular weight excluding hydrogens is 370 g/mol. The van der Waals surface area contributed by atoms with E-state index in [1.807, 2.05) is 13.1 Å². The molecule has 2 rings (SSSR count). The first-order chi connectivity index (χ1) is 9.62. The highest BCUT2D eigenvalue weighted by Crippen LogP contribution is 2.23. The minimum absolute atomic E-state index is 0.245. The van der Waals surface area contributed by atoms with Crippen molar-refractivity contribution in [3.8, 4) is 0 Å². The Kier molecular flexibility index (Phi) is 5.11. The van der Waals surface area contributed by atoms with Gasteiger partial charge in [0.1, 0.15) is 23.3 Å². The third kappa shape index (κ3) is 3.78. The van der Waals surface area contributed by atoms with E-state index in [1.54, 1.807) is 6.07 Å². The van der Waals surface area contributed by atoms with Gasteiger partial charge in [-0.3, -0.25) is 0 Å². The second-order valence-corrected chi connectivity index (χ2v) is 5.47. The molecule has 0 amide bonds. The second-order valence-electron chi connectivity index (χ2n) is 4.30. The van der Waals surface area contributed by atoms with Crippen LogP contribution in [0.3, 0.4) is 0 Å². The van der Waals surface area contributed by atoms with E-state index in [4.69, 9.17) is 0 Å². The van der Waals surface area contributed by atoms with E-state index in [0.717, 1.165) is 33.7 Å². The van der Waals surface area contributed by atoms with Gasteiger partial charge in [0.15, 0.2) is 0 Å². The molecule has 0 saturated carbocycles. The van der Waals surface area contributed by atoms with Gasteiger partial charge >= 0.3 is 0 Å². The molecule has 2 N–H and O–H groups in total. The van der Waals surface area contributed by atoms with Gasteiger partial charge in [-0.25, -0.2) is 14.4 Å². The van der Waals surface area contributed by atoms with Gasteiger partial charge in [0.25, 0.3) is 0 Å². The highest BCUT2D eigenvalue weighted by atomic mass is 127. The van der Waals surface area contributed by atoms with Crippen molar-refractivity contribution < 1.29 is 4.39 Å². The zero-order valence-electron chi connectivity index (χ0n) is 11.4. The number of hydrogen-bond donors (Lipinski definition) is 2. The van der Waals surface area contributed by atoms with Gasteiger partial charge in [-0.05, 0) is 47.2 Å². The second kappa shape index (κ2) is 6.83. The lowest BCUT2D eigenvalue weighted by Gasteiger charge is -2.11. The van der Waals surface area contributed by atoms with Gasteiger partial charge in [-0.1, -0.05) is 6.92 Å². The molecule has 0 spiro atoms. The summed E-state index contributed by atoms with van der Waals surface area (Å²) in [4.78, 5) is 8.87. The fraction of sp³-hybridized carbons (Fsp3) is 0.286. The van der Waals surface area contributed by atoms with Crippen LogP contribution in [0.4, 0.5) is 21.7 Å². The molecule has 0 fully saturated rings. The van der Waals surface area contributed by atoms with Crippen molar-refractivity contribution in [3.63, 3.8) is 0 Å². The zero-order chi connectivity index (χ0) is 14.5. The highest BCUT2D eigenvalue weighted by Gasteiger charge is 2.06. The minimum atomic E-state index is -0.245. The molecule has 0 saturated heterocycles. The summed E-state index contributed by atoms with van der Waals surface area (Å²) >= 11 is 2.09. The highest BCUT2D eigenvalue weighted by molar-refractivity contribution is 14.1. The molecule has 0 aliphatic heterocycles. The number of rotatable bonds is 5. The third-order valence-corrected chi connectivity index (χ3v) is 3.59. The molecule has 106 valence electrons. The van der Waals surface area contributed by atoms with Crippen LogP contribution in [-0.2, 0) is 6.42 Å². The van der Waals surface area contributed by atoms with Crippen molar-refractivity contribution in [1.82, 2.24) is 9.97 Å². The molecule has 0 aliphatic rings. The Hall–Kier alpha value is -1.44. The van der Waals surface area contributed by atoms with Crippen molar-refractivity contribution >= 4 is 39.9 Å². The molecule has 0 bridgehead atoms. The van der Waals surface area contributed by atoms with Gasteiger partial charge in [0.05, 0.1) is 5.69 Å².